The minimum Gasteiger partial charge on any atom is -0.245 e. The van der Waals surface area contributed by atoms with Crippen molar-refractivity contribution >= 4 is 0 Å². The molecule has 1 aromatic rings. The van der Waals surface area contributed by atoms with E-state index in [2.05, 4.69) is 37.7 Å². The molecule has 66 valence electrons. The molecule has 2 nitrogen and oxygen atoms in total. The van der Waals surface area contributed by atoms with E-state index in [0.717, 1.165) is 0 Å². The van der Waals surface area contributed by atoms with Gasteiger partial charge in [0.1, 0.15) is 6.33 Å². The SMILES string of the molecule is Cc1cncnc1C(C)C(C)C. The van der Waals surface area contributed by atoms with E-state index < -0.39 is 0 Å². The van der Waals surface area contributed by atoms with Gasteiger partial charge in [0, 0.05) is 17.8 Å². The van der Waals surface area contributed by atoms with Crippen LogP contribution < -0.4 is 0 Å². The predicted octanol–water partition coefficient (Wildman–Crippen LogP) is 2.54. The van der Waals surface area contributed by atoms with Crippen molar-refractivity contribution in [3.63, 3.8) is 0 Å². The molecule has 2 heteroatoms. The van der Waals surface area contributed by atoms with Gasteiger partial charge >= 0.3 is 0 Å². The fourth-order valence-electron chi connectivity index (χ4n) is 1.20. The molecule has 1 heterocycles. The Bertz CT molecular complexity index is 256. The van der Waals surface area contributed by atoms with Crippen molar-refractivity contribution in [1.29, 1.82) is 0 Å². The average molecular weight is 164 g/mol. The van der Waals surface area contributed by atoms with Gasteiger partial charge in [0.2, 0.25) is 0 Å². The van der Waals surface area contributed by atoms with Crippen molar-refractivity contribution in [1.82, 2.24) is 9.97 Å². The smallest absolute Gasteiger partial charge is 0.115 e. The van der Waals surface area contributed by atoms with Crippen molar-refractivity contribution in [3.8, 4) is 0 Å². The van der Waals surface area contributed by atoms with Gasteiger partial charge in [-0.2, -0.15) is 0 Å². The van der Waals surface area contributed by atoms with Crippen LogP contribution in [-0.2, 0) is 0 Å². The summed E-state index contributed by atoms with van der Waals surface area (Å²) < 4.78 is 0. The molecule has 1 aromatic heterocycles. The number of hydrogen-bond donors (Lipinski definition) is 0. The van der Waals surface area contributed by atoms with E-state index in [9.17, 15) is 0 Å². The number of rotatable bonds is 2. The fraction of sp³-hybridized carbons (Fsp3) is 0.600. The van der Waals surface area contributed by atoms with E-state index in [1.165, 1.54) is 11.3 Å². The van der Waals surface area contributed by atoms with E-state index >= 15 is 0 Å². The summed E-state index contributed by atoms with van der Waals surface area (Å²) in [7, 11) is 0. The van der Waals surface area contributed by atoms with Crippen LogP contribution in [0.3, 0.4) is 0 Å². The van der Waals surface area contributed by atoms with Crippen LogP contribution in [0.15, 0.2) is 12.5 Å². The van der Waals surface area contributed by atoms with Crippen LogP contribution in [0.5, 0.6) is 0 Å². The molecule has 0 aromatic carbocycles. The summed E-state index contributed by atoms with van der Waals surface area (Å²) in [5, 5.41) is 0. The molecule has 0 bridgehead atoms. The van der Waals surface area contributed by atoms with Crippen LogP contribution in [0.2, 0.25) is 0 Å². The standard InChI is InChI=1S/C10H16N2/c1-7(2)9(4)10-8(3)5-11-6-12-10/h5-7,9H,1-4H3. The van der Waals surface area contributed by atoms with Gasteiger partial charge in [-0.15, -0.1) is 0 Å². The lowest BCUT2D eigenvalue weighted by molar-refractivity contribution is 0.520. The minimum absolute atomic E-state index is 0.521. The second kappa shape index (κ2) is 3.65. The van der Waals surface area contributed by atoms with Crippen LogP contribution in [0.1, 0.15) is 37.9 Å². The van der Waals surface area contributed by atoms with Gasteiger partial charge in [0.15, 0.2) is 0 Å². The van der Waals surface area contributed by atoms with Crippen molar-refractivity contribution in [3.05, 3.63) is 23.8 Å². The third-order valence-electron chi connectivity index (χ3n) is 2.37. The first-order valence-corrected chi connectivity index (χ1v) is 4.39. The zero-order valence-corrected chi connectivity index (χ0v) is 8.20. The summed E-state index contributed by atoms with van der Waals surface area (Å²) in [6.07, 6.45) is 3.50. The van der Waals surface area contributed by atoms with Gasteiger partial charge < -0.3 is 0 Å². The fourth-order valence-corrected chi connectivity index (χ4v) is 1.20. The Morgan fingerprint density at radius 2 is 1.92 bits per heavy atom. The minimum atomic E-state index is 0.521. The Hall–Kier alpha value is -0.920. The topological polar surface area (TPSA) is 25.8 Å². The summed E-state index contributed by atoms with van der Waals surface area (Å²) in [5.74, 6) is 1.16. The first-order valence-electron chi connectivity index (χ1n) is 4.39. The molecule has 0 amide bonds. The maximum atomic E-state index is 4.29. The highest BCUT2D eigenvalue weighted by atomic mass is 14.8. The molecule has 0 N–H and O–H groups in total. The maximum absolute atomic E-state index is 4.29. The lowest BCUT2D eigenvalue weighted by Gasteiger charge is -2.16. The van der Waals surface area contributed by atoms with Crippen LogP contribution in [0, 0.1) is 12.8 Å². The van der Waals surface area contributed by atoms with Crippen molar-refractivity contribution in [2.45, 2.75) is 33.6 Å². The third kappa shape index (κ3) is 1.81. The summed E-state index contributed by atoms with van der Waals surface area (Å²) in [5.41, 5.74) is 2.37. The van der Waals surface area contributed by atoms with E-state index in [0.29, 0.717) is 11.8 Å². The molecule has 0 aliphatic rings. The second-order valence-electron chi connectivity index (χ2n) is 3.62. The molecule has 0 fully saturated rings. The average Bonchev–Trinajstić information content (AvgIpc) is 2.04. The molecule has 12 heavy (non-hydrogen) atoms. The first-order chi connectivity index (χ1) is 5.63. The van der Waals surface area contributed by atoms with Gasteiger partial charge in [-0.05, 0) is 18.4 Å². The number of nitrogens with zero attached hydrogens (tertiary/aromatic N) is 2. The lowest BCUT2D eigenvalue weighted by Crippen LogP contribution is -2.06. The van der Waals surface area contributed by atoms with E-state index in [1.807, 2.05) is 6.20 Å². The maximum Gasteiger partial charge on any atom is 0.115 e. The predicted molar refractivity (Wildman–Crippen MR) is 50.0 cm³/mol. The van der Waals surface area contributed by atoms with Gasteiger partial charge in [0.25, 0.3) is 0 Å². The Morgan fingerprint density at radius 3 is 2.42 bits per heavy atom. The number of aryl methyl sites for hydroxylation is 1. The molecule has 0 spiro atoms. The highest BCUT2D eigenvalue weighted by Gasteiger charge is 2.12. The van der Waals surface area contributed by atoms with E-state index in [4.69, 9.17) is 0 Å². The monoisotopic (exact) mass is 164 g/mol. The highest BCUT2D eigenvalue weighted by molar-refractivity contribution is 5.17. The quantitative estimate of drug-likeness (QED) is 0.671. The third-order valence-corrected chi connectivity index (χ3v) is 2.37. The molecule has 0 aliphatic heterocycles. The second-order valence-corrected chi connectivity index (χ2v) is 3.62. The lowest BCUT2D eigenvalue weighted by atomic mass is 9.92. The largest absolute Gasteiger partial charge is 0.245 e. The Balaban J connectivity index is 2.94. The summed E-state index contributed by atoms with van der Waals surface area (Å²) in [4.78, 5) is 8.26. The molecule has 1 unspecified atom stereocenters. The van der Waals surface area contributed by atoms with Gasteiger partial charge in [-0.25, -0.2) is 9.97 Å². The Kier molecular flexibility index (Phi) is 2.79. The highest BCUT2D eigenvalue weighted by Crippen LogP contribution is 2.23. The van der Waals surface area contributed by atoms with E-state index in [-0.39, 0.29) is 0 Å². The number of hydrogen-bond acceptors (Lipinski definition) is 2. The zero-order chi connectivity index (χ0) is 9.14. The van der Waals surface area contributed by atoms with E-state index in [1.54, 1.807) is 6.33 Å². The number of aromatic nitrogens is 2. The zero-order valence-electron chi connectivity index (χ0n) is 8.20. The normalized spacial score (nSPS) is 13.4. The van der Waals surface area contributed by atoms with Gasteiger partial charge in [-0.3, -0.25) is 0 Å². The molecule has 1 rings (SSSR count). The molecule has 1 atom stereocenters. The molecule has 0 aliphatic carbocycles. The van der Waals surface area contributed by atoms with Crippen LogP contribution in [0.25, 0.3) is 0 Å². The van der Waals surface area contributed by atoms with Crippen molar-refractivity contribution in [2.75, 3.05) is 0 Å². The summed E-state index contributed by atoms with van der Waals surface area (Å²) in [6, 6.07) is 0. The summed E-state index contributed by atoms with van der Waals surface area (Å²) in [6.45, 7) is 8.70. The van der Waals surface area contributed by atoms with Crippen molar-refractivity contribution < 1.29 is 0 Å². The Labute approximate surface area is 74.1 Å². The molecule has 0 radical (unpaired) electrons. The molecular weight excluding hydrogens is 148 g/mol. The first kappa shape index (κ1) is 9.17. The van der Waals surface area contributed by atoms with Crippen LogP contribution >= 0.6 is 0 Å². The van der Waals surface area contributed by atoms with Crippen molar-refractivity contribution in [2.24, 2.45) is 5.92 Å². The van der Waals surface area contributed by atoms with Crippen LogP contribution in [0.4, 0.5) is 0 Å². The van der Waals surface area contributed by atoms with Gasteiger partial charge in [-0.1, -0.05) is 20.8 Å². The molecule has 0 saturated heterocycles. The molecular formula is C10H16N2. The summed E-state index contributed by atoms with van der Waals surface area (Å²) >= 11 is 0. The van der Waals surface area contributed by atoms with Crippen LogP contribution in [-0.4, -0.2) is 9.97 Å². The Morgan fingerprint density at radius 1 is 1.25 bits per heavy atom. The molecule has 0 saturated carbocycles. The van der Waals surface area contributed by atoms with Gasteiger partial charge in [0.05, 0.1) is 0 Å².